The van der Waals surface area contributed by atoms with E-state index in [4.69, 9.17) is 5.21 Å². The molecule has 120 valence electrons. The Morgan fingerprint density at radius 2 is 2.14 bits per heavy atom. The van der Waals surface area contributed by atoms with Gasteiger partial charge in [-0.05, 0) is 48.9 Å². The highest BCUT2D eigenvalue weighted by Crippen LogP contribution is 2.25. The Labute approximate surface area is 132 Å². The summed E-state index contributed by atoms with van der Waals surface area (Å²) < 4.78 is 0. The van der Waals surface area contributed by atoms with Crippen LogP contribution < -0.4 is 5.48 Å². The van der Waals surface area contributed by atoms with Crippen LogP contribution >= 0.6 is 0 Å². The fourth-order valence-corrected chi connectivity index (χ4v) is 3.09. The third kappa shape index (κ3) is 4.97. The molecule has 1 amide bonds. The molecule has 1 aromatic carbocycles. The van der Waals surface area contributed by atoms with Crippen molar-refractivity contribution in [1.29, 1.82) is 0 Å². The summed E-state index contributed by atoms with van der Waals surface area (Å²) in [6.07, 6.45) is 6.89. The van der Waals surface area contributed by atoms with Gasteiger partial charge in [-0.1, -0.05) is 38.1 Å². The van der Waals surface area contributed by atoms with Crippen molar-refractivity contribution >= 4 is 12.0 Å². The molecule has 1 atom stereocenters. The van der Waals surface area contributed by atoms with E-state index in [0.29, 0.717) is 6.04 Å². The Morgan fingerprint density at radius 1 is 1.41 bits per heavy atom. The zero-order valence-corrected chi connectivity index (χ0v) is 13.5. The maximum absolute atomic E-state index is 11.0. The van der Waals surface area contributed by atoms with E-state index in [1.54, 1.807) is 11.6 Å². The van der Waals surface area contributed by atoms with Crippen LogP contribution in [0.5, 0.6) is 0 Å². The molecule has 1 aromatic rings. The largest absolute Gasteiger partial charge is 0.296 e. The van der Waals surface area contributed by atoms with Crippen LogP contribution in [0.2, 0.25) is 0 Å². The maximum Gasteiger partial charge on any atom is 0.267 e. The number of likely N-dealkylation sites (tertiary alicyclic amines) is 1. The molecule has 0 bridgehead atoms. The number of nitrogens with one attached hydrogen (secondary N) is 1. The number of benzene rings is 1. The molecule has 1 unspecified atom stereocenters. The fraction of sp³-hybridized carbons (Fsp3) is 0.500. The number of hydrogen-bond acceptors (Lipinski definition) is 3. The lowest BCUT2D eigenvalue weighted by molar-refractivity contribution is -0.124. The second-order valence-corrected chi connectivity index (χ2v) is 6.45. The number of amides is 1. The van der Waals surface area contributed by atoms with E-state index in [1.165, 1.54) is 37.4 Å². The second kappa shape index (κ2) is 8.11. The molecule has 0 aromatic heterocycles. The molecule has 22 heavy (non-hydrogen) atoms. The average Bonchev–Trinajstić information content (AvgIpc) is 2.92. The minimum absolute atomic E-state index is 0.516. The Hall–Kier alpha value is -1.65. The Bertz CT molecular complexity index is 508. The first-order chi connectivity index (χ1) is 10.6. The SMILES string of the molecule is CC(C)CC1CCCN1Cc1ccc(C=CC(=O)NO)cc1. The minimum Gasteiger partial charge on any atom is -0.296 e. The van der Waals surface area contributed by atoms with Crippen LogP contribution in [-0.2, 0) is 11.3 Å². The number of hydroxylamine groups is 1. The molecule has 0 aliphatic carbocycles. The maximum atomic E-state index is 11.0. The van der Waals surface area contributed by atoms with Crippen LogP contribution in [0.1, 0.15) is 44.2 Å². The van der Waals surface area contributed by atoms with E-state index < -0.39 is 5.91 Å². The number of carbonyl (C=O) groups is 1. The molecule has 1 aliphatic heterocycles. The van der Waals surface area contributed by atoms with Gasteiger partial charge in [0, 0.05) is 18.7 Å². The highest BCUT2D eigenvalue weighted by atomic mass is 16.5. The van der Waals surface area contributed by atoms with Crippen molar-refractivity contribution in [2.24, 2.45) is 5.92 Å². The summed E-state index contributed by atoms with van der Waals surface area (Å²) in [4.78, 5) is 13.5. The van der Waals surface area contributed by atoms with Crippen LogP contribution in [0.3, 0.4) is 0 Å². The molecule has 1 heterocycles. The van der Waals surface area contributed by atoms with Gasteiger partial charge in [-0.2, -0.15) is 0 Å². The predicted octanol–water partition coefficient (Wildman–Crippen LogP) is 3.22. The van der Waals surface area contributed by atoms with Crippen molar-refractivity contribution in [2.45, 2.75) is 45.7 Å². The first-order valence-electron chi connectivity index (χ1n) is 8.03. The summed E-state index contributed by atoms with van der Waals surface area (Å²) in [5.74, 6) is 0.230. The van der Waals surface area contributed by atoms with Gasteiger partial charge in [0.1, 0.15) is 0 Å². The lowest BCUT2D eigenvalue weighted by atomic mass is 10.0. The Morgan fingerprint density at radius 3 is 2.77 bits per heavy atom. The molecule has 4 heteroatoms. The van der Waals surface area contributed by atoms with E-state index in [1.807, 2.05) is 12.1 Å². The lowest BCUT2D eigenvalue weighted by Crippen LogP contribution is -2.29. The van der Waals surface area contributed by atoms with E-state index in [0.717, 1.165) is 18.0 Å². The first kappa shape index (κ1) is 16.7. The van der Waals surface area contributed by atoms with Gasteiger partial charge < -0.3 is 0 Å². The predicted molar refractivity (Wildman–Crippen MR) is 88.3 cm³/mol. The Kier molecular flexibility index (Phi) is 6.16. The number of hydrogen-bond donors (Lipinski definition) is 2. The standard InChI is InChI=1S/C18H26N2O2/c1-14(2)12-17-4-3-11-20(17)13-16-7-5-15(6-8-16)9-10-18(21)19-22/h5-10,14,17,22H,3-4,11-13H2,1-2H3,(H,19,21). The topological polar surface area (TPSA) is 52.6 Å². The van der Waals surface area contributed by atoms with E-state index in [-0.39, 0.29) is 0 Å². The van der Waals surface area contributed by atoms with Gasteiger partial charge in [0.15, 0.2) is 0 Å². The van der Waals surface area contributed by atoms with Gasteiger partial charge in [0.05, 0.1) is 0 Å². The average molecular weight is 302 g/mol. The molecule has 0 saturated carbocycles. The highest BCUT2D eigenvalue weighted by molar-refractivity contribution is 5.90. The summed E-state index contributed by atoms with van der Waals surface area (Å²) in [7, 11) is 0. The highest BCUT2D eigenvalue weighted by Gasteiger charge is 2.24. The van der Waals surface area contributed by atoms with Crippen LogP contribution in [0.15, 0.2) is 30.3 Å². The minimum atomic E-state index is -0.516. The molecule has 0 spiro atoms. The number of carbonyl (C=O) groups excluding carboxylic acids is 1. The van der Waals surface area contributed by atoms with Crippen molar-refractivity contribution in [1.82, 2.24) is 10.4 Å². The summed E-state index contributed by atoms with van der Waals surface area (Å²) in [6.45, 7) is 6.77. The Balaban J connectivity index is 1.93. The smallest absolute Gasteiger partial charge is 0.267 e. The number of nitrogens with zero attached hydrogens (tertiary/aromatic N) is 1. The van der Waals surface area contributed by atoms with Crippen LogP contribution in [0.25, 0.3) is 6.08 Å². The van der Waals surface area contributed by atoms with Crippen LogP contribution in [0.4, 0.5) is 0 Å². The fourth-order valence-electron chi connectivity index (χ4n) is 3.09. The quantitative estimate of drug-likeness (QED) is 0.482. The molecule has 0 radical (unpaired) electrons. The molecule has 1 fully saturated rings. The van der Waals surface area contributed by atoms with E-state index in [9.17, 15) is 4.79 Å². The van der Waals surface area contributed by atoms with Crippen molar-refractivity contribution in [3.05, 3.63) is 41.5 Å². The van der Waals surface area contributed by atoms with Gasteiger partial charge >= 0.3 is 0 Å². The lowest BCUT2D eigenvalue weighted by Gasteiger charge is -2.26. The normalized spacial score (nSPS) is 19.2. The summed E-state index contributed by atoms with van der Waals surface area (Å²) >= 11 is 0. The molecule has 4 nitrogen and oxygen atoms in total. The third-order valence-electron chi connectivity index (χ3n) is 4.15. The van der Waals surface area contributed by atoms with E-state index in [2.05, 4.69) is 30.9 Å². The van der Waals surface area contributed by atoms with Gasteiger partial charge in [-0.25, -0.2) is 5.48 Å². The first-order valence-corrected chi connectivity index (χ1v) is 8.03. The van der Waals surface area contributed by atoms with Gasteiger partial charge in [-0.15, -0.1) is 0 Å². The van der Waals surface area contributed by atoms with Crippen molar-refractivity contribution < 1.29 is 10.0 Å². The van der Waals surface area contributed by atoms with Gasteiger partial charge in [0.25, 0.3) is 5.91 Å². The number of rotatable bonds is 6. The molecule has 2 rings (SSSR count). The van der Waals surface area contributed by atoms with Crippen molar-refractivity contribution in [2.75, 3.05) is 6.54 Å². The molecule has 2 N–H and O–H groups in total. The molecule has 1 saturated heterocycles. The van der Waals surface area contributed by atoms with Crippen molar-refractivity contribution in [3.8, 4) is 0 Å². The van der Waals surface area contributed by atoms with Crippen LogP contribution in [0, 0.1) is 5.92 Å². The molecule has 1 aliphatic rings. The zero-order chi connectivity index (χ0) is 15.9. The molecular formula is C18H26N2O2. The summed E-state index contributed by atoms with van der Waals surface area (Å²) in [5, 5.41) is 8.45. The van der Waals surface area contributed by atoms with Gasteiger partial charge in [-0.3, -0.25) is 14.9 Å². The monoisotopic (exact) mass is 302 g/mol. The zero-order valence-electron chi connectivity index (χ0n) is 13.5. The summed E-state index contributed by atoms with van der Waals surface area (Å²) in [6, 6.07) is 8.95. The third-order valence-corrected chi connectivity index (χ3v) is 4.15. The second-order valence-electron chi connectivity index (χ2n) is 6.45. The molecular weight excluding hydrogens is 276 g/mol. The van der Waals surface area contributed by atoms with Crippen molar-refractivity contribution in [3.63, 3.8) is 0 Å². The summed E-state index contributed by atoms with van der Waals surface area (Å²) in [5.41, 5.74) is 3.84. The van der Waals surface area contributed by atoms with Gasteiger partial charge in [0.2, 0.25) is 0 Å². The van der Waals surface area contributed by atoms with Crippen LogP contribution in [-0.4, -0.2) is 28.6 Å². The van der Waals surface area contributed by atoms with E-state index >= 15 is 0 Å².